The van der Waals surface area contributed by atoms with Crippen molar-refractivity contribution in [3.63, 3.8) is 0 Å². The van der Waals surface area contributed by atoms with Gasteiger partial charge in [-0.3, -0.25) is 9.59 Å². The maximum Gasteiger partial charge on any atom is 0.241 e. The Balaban J connectivity index is 0.00000400. The molecule has 1 saturated heterocycles. The molecule has 1 aliphatic rings. The van der Waals surface area contributed by atoms with Gasteiger partial charge in [0.25, 0.3) is 0 Å². The number of halogens is 1. The van der Waals surface area contributed by atoms with E-state index >= 15 is 0 Å². The summed E-state index contributed by atoms with van der Waals surface area (Å²) in [7, 11) is 4.98. The van der Waals surface area contributed by atoms with Gasteiger partial charge < -0.3 is 19.9 Å². The van der Waals surface area contributed by atoms with E-state index in [1.165, 1.54) is 4.90 Å². The lowest BCUT2D eigenvalue weighted by Crippen LogP contribution is -2.46. The summed E-state index contributed by atoms with van der Waals surface area (Å²) in [5.41, 5.74) is 0. The van der Waals surface area contributed by atoms with Crippen LogP contribution < -0.4 is 5.32 Å². The highest BCUT2D eigenvalue weighted by Crippen LogP contribution is 2.11. The SMILES string of the molecule is COCCN(CC(=O)N(C)C)C(=O)CC1CSCCN1.Cl. The summed E-state index contributed by atoms with van der Waals surface area (Å²) in [5, 5.41) is 3.34. The molecule has 1 aliphatic heterocycles. The highest BCUT2D eigenvalue weighted by molar-refractivity contribution is 7.99. The van der Waals surface area contributed by atoms with Crippen LogP contribution in [0.2, 0.25) is 0 Å². The van der Waals surface area contributed by atoms with Gasteiger partial charge in [-0.05, 0) is 0 Å². The molecule has 0 radical (unpaired) electrons. The zero-order chi connectivity index (χ0) is 15.0. The van der Waals surface area contributed by atoms with E-state index in [1.54, 1.807) is 26.1 Å². The number of rotatable bonds is 7. The number of likely N-dealkylation sites (N-methyl/N-ethyl adjacent to an activating group) is 1. The van der Waals surface area contributed by atoms with Crippen LogP contribution in [0, 0.1) is 0 Å². The first-order chi connectivity index (χ1) is 9.54. The second-order valence-electron chi connectivity index (χ2n) is 5.03. The summed E-state index contributed by atoms with van der Waals surface area (Å²) in [5.74, 6) is 1.99. The summed E-state index contributed by atoms with van der Waals surface area (Å²) in [6.07, 6.45) is 0.442. The van der Waals surface area contributed by atoms with E-state index in [4.69, 9.17) is 4.74 Å². The normalized spacial score (nSPS) is 17.8. The molecule has 1 fully saturated rings. The van der Waals surface area contributed by atoms with Crippen molar-refractivity contribution in [2.75, 3.05) is 59.0 Å². The van der Waals surface area contributed by atoms with Crippen LogP contribution in [0.4, 0.5) is 0 Å². The number of hydrogen-bond acceptors (Lipinski definition) is 5. The number of carbonyl (C=O) groups excluding carboxylic acids is 2. The third kappa shape index (κ3) is 7.90. The monoisotopic (exact) mass is 339 g/mol. The van der Waals surface area contributed by atoms with Crippen LogP contribution in [0.25, 0.3) is 0 Å². The molecule has 0 bridgehead atoms. The smallest absolute Gasteiger partial charge is 0.241 e. The average Bonchev–Trinajstić information content (AvgIpc) is 2.43. The predicted molar refractivity (Wildman–Crippen MR) is 88.1 cm³/mol. The molecule has 0 spiro atoms. The van der Waals surface area contributed by atoms with Crippen LogP contribution in [0.3, 0.4) is 0 Å². The van der Waals surface area contributed by atoms with Gasteiger partial charge in [0.05, 0.1) is 13.2 Å². The molecule has 1 rings (SSSR count). The molecule has 1 atom stereocenters. The minimum Gasteiger partial charge on any atom is -0.383 e. The Labute approximate surface area is 137 Å². The Bertz CT molecular complexity index is 326. The summed E-state index contributed by atoms with van der Waals surface area (Å²) in [6.45, 7) is 1.96. The maximum atomic E-state index is 12.3. The molecule has 0 aliphatic carbocycles. The molecule has 0 aromatic heterocycles. The van der Waals surface area contributed by atoms with Crippen LogP contribution in [-0.2, 0) is 14.3 Å². The van der Waals surface area contributed by atoms with Crippen LogP contribution in [0.15, 0.2) is 0 Å². The second kappa shape index (κ2) is 11.1. The Morgan fingerprint density at radius 2 is 2.05 bits per heavy atom. The van der Waals surface area contributed by atoms with E-state index in [0.717, 1.165) is 18.1 Å². The second-order valence-corrected chi connectivity index (χ2v) is 6.18. The summed E-state index contributed by atoms with van der Waals surface area (Å²) < 4.78 is 5.02. The van der Waals surface area contributed by atoms with Crippen molar-refractivity contribution in [3.05, 3.63) is 0 Å². The van der Waals surface area contributed by atoms with Gasteiger partial charge in [0.2, 0.25) is 11.8 Å². The van der Waals surface area contributed by atoms with E-state index in [-0.39, 0.29) is 36.8 Å². The van der Waals surface area contributed by atoms with Crippen molar-refractivity contribution in [2.24, 2.45) is 0 Å². The Hall–Kier alpha value is -0.500. The molecule has 1 unspecified atom stereocenters. The van der Waals surface area contributed by atoms with Gasteiger partial charge >= 0.3 is 0 Å². The fraction of sp³-hybridized carbons (Fsp3) is 0.846. The molecule has 0 saturated carbocycles. The van der Waals surface area contributed by atoms with Gasteiger partial charge in [-0.25, -0.2) is 0 Å². The molecule has 8 heteroatoms. The van der Waals surface area contributed by atoms with Gasteiger partial charge in [0, 0.05) is 58.3 Å². The highest BCUT2D eigenvalue weighted by atomic mass is 35.5. The quantitative estimate of drug-likeness (QED) is 0.711. The van der Waals surface area contributed by atoms with E-state index in [0.29, 0.717) is 19.6 Å². The fourth-order valence-corrected chi connectivity index (χ4v) is 2.84. The number of hydrogen-bond donors (Lipinski definition) is 1. The number of ether oxygens (including phenoxy) is 1. The molecule has 0 aromatic rings. The van der Waals surface area contributed by atoms with Crippen LogP contribution in [0.1, 0.15) is 6.42 Å². The number of thioether (sulfide) groups is 1. The average molecular weight is 340 g/mol. The van der Waals surface area contributed by atoms with Gasteiger partial charge in [-0.15, -0.1) is 12.4 Å². The lowest BCUT2D eigenvalue weighted by molar-refractivity contribution is -0.140. The molecular formula is C13H26ClN3O3S. The largest absolute Gasteiger partial charge is 0.383 e. The van der Waals surface area contributed by atoms with E-state index in [2.05, 4.69) is 5.32 Å². The molecule has 0 aromatic carbocycles. The molecule has 21 heavy (non-hydrogen) atoms. The third-order valence-electron chi connectivity index (χ3n) is 3.16. The maximum absolute atomic E-state index is 12.3. The van der Waals surface area contributed by atoms with Crippen molar-refractivity contribution >= 4 is 36.0 Å². The van der Waals surface area contributed by atoms with Gasteiger partial charge in [-0.1, -0.05) is 0 Å². The van der Waals surface area contributed by atoms with E-state index < -0.39 is 0 Å². The van der Waals surface area contributed by atoms with Crippen molar-refractivity contribution in [3.8, 4) is 0 Å². The zero-order valence-corrected chi connectivity index (χ0v) is 14.6. The molecule has 1 heterocycles. The van der Waals surface area contributed by atoms with Crippen molar-refractivity contribution in [1.29, 1.82) is 0 Å². The number of nitrogens with one attached hydrogen (secondary N) is 1. The van der Waals surface area contributed by atoms with Crippen molar-refractivity contribution in [2.45, 2.75) is 12.5 Å². The summed E-state index contributed by atoms with van der Waals surface area (Å²) >= 11 is 1.86. The molecule has 2 amide bonds. The van der Waals surface area contributed by atoms with E-state index in [1.807, 2.05) is 11.8 Å². The minimum absolute atomic E-state index is 0. The number of amides is 2. The van der Waals surface area contributed by atoms with Crippen molar-refractivity contribution in [1.82, 2.24) is 15.1 Å². The lowest BCUT2D eigenvalue weighted by Gasteiger charge is -2.27. The molecule has 124 valence electrons. The zero-order valence-electron chi connectivity index (χ0n) is 13.0. The van der Waals surface area contributed by atoms with Crippen LogP contribution in [0.5, 0.6) is 0 Å². The van der Waals surface area contributed by atoms with Crippen LogP contribution in [-0.4, -0.2) is 86.6 Å². The van der Waals surface area contributed by atoms with Gasteiger partial charge in [0.1, 0.15) is 0 Å². The first-order valence-corrected chi connectivity index (χ1v) is 7.98. The predicted octanol–water partition coefficient (Wildman–Crippen LogP) is 0.0665. The minimum atomic E-state index is -0.0690. The standard InChI is InChI=1S/C13H25N3O3S.ClH/c1-15(2)13(18)9-16(5-6-19-3)12(17)8-11-10-20-7-4-14-11;/h11,14H,4-10H2,1-3H3;1H. The van der Waals surface area contributed by atoms with E-state index in [9.17, 15) is 9.59 Å². The Morgan fingerprint density at radius 3 is 2.57 bits per heavy atom. The van der Waals surface area contributed by atoms with Gasteiger partial charge in [0.15, 0.2) is 0 Å². The molecule has 1 N–H and O–H groups in total. The highest BCUT2D eigenvalue weighted by Gasteiger charge is 2.22. The number of nitrogens with zero attached hydrogens (tertiary/aromatic N) is 2. The first-order valence-electron chi connectivity index (χ1n) is 6.82. The van der Waals surface area contributed by atoms with Crippen LogP contribution >= 0.6 is 24.2 Å². The van der Waals surface area contributed by atoms with Gasteiger partial charge in [-0.2, -0.15) is 11.8 Å². The summed E-state index contributed by atoms with van der Waals surface area (Å²) in [4.78, 5) is 27.2. The third-order valence-corrected chi connectivity index (χ3v) is 4.29. The Morgan fingerprint density at radius 1 is 1.33 bits per heavy atom. The Kier molecular flexibility index (Phi) is 10.9. The lowest BCUT2D eigenvalue weighted by atomic mass is 10.2. The first kappa shape index (κ1) is 20.5. The number of carbonyl (C=O) groups is 2. The number of methoxy groups -OCH3 is 1. The molecule has 6 nitrogen and oxygen atoms in total. The molecular weight excluding hydrogens is 314 g/mol. The fourth-order valence-electron chi connectivity index (χ4n) is 1.89. The summed E-state index contributed by atoms with van der Waals surface area (Å²) in [6, 6.07) is 0.209. The van der Waals surface area contributed by atoms with Crippen molar-refractivity contribution < 1.29 is 14.3 Å². The topological polar surface area (TPSA) is 61.9 Å².